The lowest BCUT2D eigenvalue weighted by atomic mass is 9.85. The molecule has 2 fully saturated rings. The highest BCUT2D eigenvalue weighted by atomic mass is 16.5. The van der Waals surface area contributed by atoms with E-state index in [0.717, 1.165) is 12.0 Å². The van der Waals surface area contributed by atoms with Gasteiger partial charge in [0.05, 0.1) is 25.5 Å². The number of carbonyl (C=O) groups excluding carboxylic acids is 2. The van der Waals surface area contributed by atoms with E-state index in [-0.39, 0.29) is 35.5 Å². The number of aromatic nitrogens is 1. The number of nitrogens with zero attached hydrogens (tertiary/aromatic N) is 3. The Morgan fingerprint density at radius 1 is 1.24 bits per heavy atom. The topological polar surface area (TPSA) is 95.9 Å². The number of hydrogen-bond acceptors (Lipinski definition) is 5. The zero-order valence-electron chi connectivity index (χ0n) is 16.8. The fraction of sp³-hybridized carbons (Fsp3) is 0.524. The zero-order chi connectivity index (χ0) is 20.4. The van der Waals surface area contributed by atoms with Crippen LogP contribution in [-0.2, 0) is 16.1 Å². The van der Waals surface area contributed by atoms with E-state index in [4.69, 9.17) is 4.74 Å². The van der Waals surface area contributed by atoms with Gasteiger partial charge >= 0.3 is 0 Å². The molecule has 2 amide bonds. The van der Waals surface area contributed by atoms with E-state index in [1.54, 1.807) is 13.3 Å². The Kier molecular flexibility index (Phi) is 5.51. The molecule has 0 aromatic carbocycles. The van der Waals surface area contributed by atoms with Crippen LogP contribution in [0.3, 0.4) is 0 Å². The zero-order valence-corrected chi connectivity index (χ0v) is 16.8. The van der Waals surface area contributed by atoms with Crippen molar-refractivity contribution in [2.45, 2.75) is 19.9 Å². The first-order valence-electron chi connectivity index (χ1n) is 10.2. The number of hydrogen-bond donors (Lipinski definition) is 2. The number of carbonyl (C=O) groups is 2. The van der Waals surface area contributed by atoms with E-state index in [1.165, 1.54) is 4.90 Å². The molecule has 2 N–H and O–H groups in total. The minimum atomic E-state index is -0.138. The summed E-state index contributed by atoms with van der Waals surface area (Å²) in [4.78, 5) is 35.6. The molecule has 4 rings (SSSR count). The summed E-state index contributed by atoms with van der Waals surface area (Å²) in [5.41, 5.74) is 0.981. The first-order chi connectivity index (χ1) is 14.1. The van der Waals surface area contributed by atoms with Crippen molar-refractivity contribution >= 4 is 17.8 Å². The number of pyridine rings is 1. The van der Waals surface area contributed by atoms with Crippen LogP contribution in [0, 0.1) is 23.7 Å². The van der Waals surface area contributed by atoms with Gasteiger partial charge in [-0.2, -0.15) is 0 Å². The smallest absolute Gasteiger partial charge is 0.233 e. The number of rotatable bonds is 7. The Bertz CT molecular complexity index is 822. The van der Waals surface area contributed by atoms with Gasteiger partial charge in [0.2, 0.25) is 17.7 Å². The fourth-order valence-corrected chi connectivity index (χ4v) is 4.64. The van der Waals surface area contributed by atoms with Crippen molar-refractivity contribution in [2.24, 2.45) is 28.7 Å². The number of methoxy groups -OCH3 is 1. The van der Waals surface area contributed by atoms with E-state index >= 15 is 0 Å². The number of likely N-dealkylation sites (tertiary alicyclic amines) is 1. The van der Waals surface area contributed by atoms with Gasteiger partial charge in [0, 0.05) is 31.9 Å². The van der Waals surface area contributed by atoms with Gasteiger partial charge in [-0.15, -0.1) is 0 Å². The number of guanidine groups is 1. The van der Waals surface area contributed by atoms with Gasteiger partial charge in [-0.05, 0) is 36.8 Å². The Morgan fingerprint density at radius 2 is 1.97 bits per heavy atom. The van der Waals surface area contributed by atoms with Gasteiger partial charge in [-0.3, -0.25) is 14.5 Å². The largest absolute Gasteiger partial charge is 0.481 e. The average molecular weight is 397 g/mol. The standard InChI is InChI=1S/C21H27N5O3/c1-3-22-21(25-12-13-6-7-23-16(10-13)29-2)24-8-9-26-19(27)17-14-4-5-15(11-14)18(17)20(26)28/h4-7,10,14-15,17-18H,3,8-9,11-12H2,1-2H3,(H2,22,24,25). The third kappa shape index (κ3) is 3.71. The maximum absolute atomic E-state index is 12.7. The lowest BCUT2D eigenvalue weighted by Gasteiger charge is -2.18. The Hall–Kier alpha value is -2.90. The molecule has 4 atom stereocenters. The van der Waals surface area contributed by atoms with E-state index in [1.807, 2.05) is 19.1 Å². The molecule has 3 aliphatic rings. The van der Waals surface area contributed by atoms with Crippen LogP contribution in [0.15, 0.2) is 35.5 Å². The second-order valence-electron chi connectivity index (χ2n) is 7.66. The molecule has 1 saturated carbocycles. The predicted octanol–water partition coefficient (Wildman–Crippen LogP) is 0.952. The van der Waals surface area contributed by atoms with Crippen LogP contribution in [0.1, 0.15) is 18.9 Å². The van der Waals surface area contributed by atoms with Crippen molar-refractivity contribution in [1.82, 2.24) is 20.5 Å². The monoisotopic (exact) mass is 397 g/mol. The molecule has 1 aromatic rings. The van der Waals surface area contributed by atoms with Crippen LogP contribution in [0.4, 0.5) is 0 Å². The Labute approximate surface area is 170 Å². The van der Waals surface area contributed by atoms with Gasteiger partial charge in [0.1, 0.15) is 0 Å². The highest BCUT2D eigenvalue weighted by molar-refractivity contribution is 6.06. The van der Waals surface area contributed by atoms with Gasteiger partial charge in [-0.1, -0.05) is 12.2 Å². The number of amides is 2. The van der Waals surface area contributed by atoms with E-state index < -0.39 is 0 Å². The highest BCUT2D eigenvalue weighted by Crippen LogP contribution is 2.52. The van der Waals surface area contributed by atoms with E-state index in [9.17, 15) is 9.59 Å². The van der Waals surface area contributed by atoms with Crippen LogP contribution < -0.4 is 15.4 Å². The SMILES string of the molecule is CCNC(=NCc1ccnc(OC)c1)NCCN1C(=O)C2C3C=CC(C3)C2C1=O. The molecular formula is C21H27N5O3. The highest BCUT2D eigenvalue weighted by Gasteiger charge is 2.58. The fourth-order valence-electron chi connectivity index (χ4n) is 4.64. The lowest BCUT2D eigenvalue weighted by molar-refractivity contribution is -0.140. The molecule has 2 aliphatic carbocycles. The van der Waals surface area contributed by atoms with Crippen molar-refractivity contribution < 1.29 is 14.3 Å². The molecule has 8 heteroatoms. The number of nitrogens with one attached hydrogen (secondary N) is 2. The summed E-state index contributed by atoms with van der Waals surface area (Å²) >= 11 is 0. The third-order valence-electron chi connectivity index (χ3n) is 5.96. The summed E-state index contributed by atoms with van der Waals surface area (Å²) in [7, 11) is 1.58. The molecule has 2 bridgehead atoms. The third-order valence-corrected chi connectivity index (χ3v) is 5.96. The Morgan fingerprint density at radius 3 is 2.62 bits per heavy atom. The van der Waals surface area contributed by atoms with Crippen LogP contribution in [0.25, 0.3) is 0 Å². The van der Waals surface area contributed by atoms with Crippen molar-refractivity contribution in [3.05, 3.63) is 36.0 Å². The first-order valence-corrected chi connectivity index (χ1v) is 10.2. The maximum atomic E-state index is 12.7. The quantitative estimate of drug-likeness (QED) is 0.308. The van der Waals surface area contributed by atoms with Gasteiger partial charge in [0.25, 0.3) is 0 Å². The number of allylic oxidation sites excluding steroid dienone is 2. The number of imide groups is 1. The summed E-state index contributed by atoms with van der Waals surface area (Å²) in [5.74, 6) is 1.39. The normalized spacial score (nSPS) is 27.5. The van der Waals surface area contributed by atoms with Crippen LogP contribution in [0.2, 0.25) is 0 Å². The summed E-state index contributed by atoms with van der Waals surface area (Å²) in [6, 6.07) is 3.73. The lowest BCUT2D eigenvalue weighted by Crippen LogP contribution is -2.43. The molecule has 154 valence electrons. The van der Waals surface area contributed by atoms with Crippen LogP contribution in [-0.4, -0.2) is 54.4 Å². The van der Waals surface area contributed by atoms with Gasteiger partial charge < -0.3 is 15.4 Å². The molecule has 29 heavy (non-hydrogen) atoms. The molecule has 4 unspecified atom stereocenters. The van der Waals surface area contributed by atoms with Gasteiger partial charge in [-0.25, -0.2) is 9.98 Å². The second kappa shape index (κ2) is 8.23. The van der Waals surface area contributed by atoms with E-state index in [0.29, 0.717) is 38.0 Å². The minimum absolute atomic E-state index is 0.00975. The van der Waals surface area contributed by atoms with Gasteiger partial charge in [0.15, 0.2) is 5.96 Å². The average Bonchev–Trinajstić information content (AvgIpc) is 3.41. The molecule has 0 radical (unpaired) electrons. The molecule has 0 spiro atoms. The molecule has 1 aromatic heterocycles. The second-order valence-corrected chi connectivity index (χ2v) is 7.66. The molecule has 1 aliphatic heterocycles. The van der Waals surface area contributed by atoms with Crippen LogP contribution >= 0.6 is 0 Å². The van der Waals surface area contributed by atoms with Crippen molar-refractivity contribution in [3.63, 3.8) is 0 Å². The number of ether oxygens (including phenoxy) is 1. The number of fused-ring (bicyclic) bond motifs is 5. The minimum Gasteiger partial charge on any atom is -0.481 e. The molecule has 2 heterocycles. The van der Waals surface area contributed by atoms with Crippen molar-refractivity contribution in [1.29, 1.82) is 0 Å². The number of aliphatic imine (C=N–C) groups is 1. The van der Waals surface area contributed by atoms with Crippen molar-refractivity contribution in [2.75, 3.05) is 26.7 Å². The summed E-state index contributed by atoms with van der Waals surface area (Å²) in [6.45, 7) is 3.99. The Balaban J connectivity index is 1.33. The van der Waals surface area contributed by atoms with Crippen molar-refractivity contribution in [3.8, 4) is 5.88 Å². The molecule has 8 nitrogen and oxygen atoms in total. The van der Waals surface area contributed by atoms with Crippen LogP contribution in [0.5, 0.6) is 5.88 Å². The predicted molar refractivity (Wildman–Crippen MR) is 108 cm³/mol. The maximum Gasteiger partial charge on any atom is 0.233 e. The summed E-state index contributed by atoms with van der Waals surface area (Å²) < 4.78 is 5.14. The summed E-state index contributed by atoms with van der Waals surface area (Å²) in [5, 5.41) is 6.41. The molecular weight excluding hydrogens is 370 g/mol. The van der Waals surface area contributed by atoms with E-state index in [2.05, 4.69) is 32.8 Å². The molecule has 1 saturated heterocycles. The first kappa shape index (κ1) is 19.4. The summed E-state index contributed by atoms with van der Waals surface area (Å²) in [6.07, 6.45) is 6.87.